The van der Waals surface area contributed by atoms with Crippen molar-refractivity contribution in [1.82, 2.24) is 4.90 Å². The lowest BCUT2D eigenvalue weighted by Gasteiger charge is -2.36. The van der Waals surface area contributed by atoms with Crippen LogP contribution >= 0.6 is 0 Å². The van der Waals surface area contributed by atoms with Crippen LogP contribution in [-0.2, 0) is 16.0 Å². The smallest absolute Gasteiger partial charge is 0.226 e. The highest BCUT2D eigenvalue weighted by Crippen LogP contribution is 2.32. The van der Waals surface area contributed by atoms with Crippen molar-refractivity contribution in [3.05, 3.63) is 65.2 Å². The van der Waals surface area contributed by atoms with Crippen molar-refractivity contribution in [3.8, 4) is 0 Å². The highest BCUT2D eigenvalue weighted by molar-refractivity contribution is 5.91. The molecule has 4 nitrogen and oxygen atoms in total. The summed E-state index contributed by atoms with van der Waals surface area (Å²) in [5.41, 5.74) is 2.25. The first-order valence-corrected chi connectivity index (χ1v) is 8.05. The van der Waals surface area contributed by atoms with Crippen molar-refractivity contribution in [2.75, 3.05) is 11.9 Å². The fourth-order valence-electron chi connectivity index (χ4n) is 3.21. The third-order valence-electron chi connectivity index (χ3n) is 4.40. The molecule has 0 spiro atoms. The average molecular weight is 344 g/mol. The maximum Gasteiger partial charge on any atom is 0.226 e. The highest BCUT2D eigenvalue weighted by atomic mass is 19.2. The number of benzene rings is 2. The normalized spacial score (nSPS) is 16.3. The molecule has 130 valence electrons. The lowest BCUT2D eigenvalue weighted by atomic mass is 9.90. The van der Waals surface area contributed by atoms with Crippen LogP contribution in [0, 0.1) is 11.6 Å². The lowest BCUT2D eigenvalue weighted by Crippen LogP contribution is -2.40. The van der Waals surface area contributed by atoms with Crippen molar-refractivity contribution >= 4 is 17.5 Å². The molecular formula is C19H18F2N2O2. The molecule has 2 aromatic carbocycles. The van der Waals surface area contributed by atoms with E-state index < -0.39 is 11.6 Å². The van der Waals surface area contributed by atoms with Crippen LogP contribution in [-0.4, -0.2) is 23.3 Å². The quantitative estimate of drug-likeness (QED) is 0.927. The second kappa shape index (κ2) is 7.01. The van der Waals surface area contributed by atoms with Crippen LogP contribution in [0.4, 0.5) is 14.5 Å². The van der Waals surface area contributed by atoms with Gasteiger partial charge in [-0.25, -0.2) is 8.78 Å². The summed E-state index contributed by atoms with van der Waals surface area (Å²) in [5, 5.41) is 2.56. The fraction of sp³-hybridized carbons (Fsp3) is 0.263. The number of hydrogen-bond acceptors (Lipinski definition) is 2. The van der Waals surface area contributed by atoms with Crippen LogP contribution < -0.4 is 5.32 Å². The monoisotopic (exact) mass is 344 g/mol. The molecule has 25 heavy (non-hydrogen) atoms. The first kappa shape index (κ1) is 17.1. The fourth-order valence-corrected chi connectivity index (χ4v) is 3.21. The van der Waals surface area contributed by atoms with E-state index in [4.69, 9.17) is 0 Å². The number of carbonyl (C=O) groups is 2. The molecule has 2 aromatic rings. The minimum Gasteiger partial charge on any atom is -0.335 e. The molecule has 0 saturated carbocycles. The molecule has 1 N–H and O–H groups in total. The van der Waals surface area contributed by atoms with Gasteiger partial charge in [-0.3, -0.25) is 9.59 Å². The van der Waals surface area contributed by atoms with E-state index in [0.29, 0.717) is 6.54 Å². The molecule has 0 aromatic heterocycles. The van der Waals surface area contributed by atoms with E-state index in [0.717, 1.165) is 29.7 Å². The molecule has 1 aliphatic heterocycles. The second-order valence-electron chi connectivity index (χ2n) is 6.06. The predicted molar refractivity (Wildman–Crippen MR) is 89.9 cm³/mol. The van der Waals surface area contributed by atoms with E-state index in [-0.39, 0.29) is 30.0 Å². The van der Waals surface area contributed by atoms with E-state index in [1.54, 1.807) is 4.90 Å². The minimum atomic E-state index is -1.02. The standard InChI is InChI=1S/C19H18F2N2O2/c1-12(24)23-9-8-13-4-2-3-5-15(13)18(23)11-19(25)22-14-6-7-16(20)17(21)10-14/h2-7,10,18H,8-9,11H2,1H3,(H,22,25). The molecular weight excluding hydrogens is 326 g/mol. The van der Waals surface area contributed by atoms with Crippen LogP contribution in [0.5, 0.6) is 0 Å². The van der Waals surface area contributed by atoms with Gasteiger partial charge in [-0.15, -0.1) is 0 Å². The third kappa shape index (κ3) is 3.68. The van der Waals surface area contributed by atoms with Crippen molar-refractivity contribution in [2.45, 2.75) is 25.8 Å². The van der Waals surface area contributed by atoms with Gasteiger partial charge in [-0.05, 0) is 29.7 Å². The number of anilines is 1. The van der Waals surface area contributed by atoms with Gasteiger partial charge in [-0.2, -0.15) is 0 Å². The Kier molecular flexibility index (Phi) is 4.79. The van der Waals surface area contributed by atoms with E-state index in [1.807, 2.05) is 24.3 Å². The van der Waals surface area contributed by atoms with Crippen LogP contribution in [0.25, 0.3) is 0 Å². The number of nitrogens with zero attached hydrogens (tertiary/aromatic N) is 1. The Labute approximate surface area is 144 Å². The number of hydrogen-bond donors (Lipinski definition) is 1. The van der Waals surface area contributed by atoms with Gasteiger partial charge in [0.2, 0.25) is 11.8 Å². The van der Waals surface area contributed by atoms with Crippen molar-refractivity contribution in [2.24, 2.45) is 0 Å². The van der Waals surface area contributed by atoms with Crippen molar-refractivity contribution in [1.29, 1.82) is 0 Å². The summed E-state index contributed by atoms with van der Waals surface area (Å²) in [6, 6.07) is 10.5. The molecule has 1 aliphatic rings. The first-order chi connectivity index (χ1) is 12.0. The average Bonchev–Trinajstić information content (AvgIpc) is 2.58. The second-order valence-corrected chi connectivity index (χ2v) is 6.06. The predicted octanol–water partition coefficient (Wildman–Crippen LogP) is 3.44. The molecule has 2 amide bonds. The molecule has 3 rings (SSSR count). The van der Waals surface area contributed by atoms with E-state index in [2.05, 4.69) is 5.32 Å². The summed E-state index contributed by atoms with van der Waals surface area (Å²) in [7, 11) is 0. The molecule has 6 heteroatoms. The zero-order valence-corrected chi connectivity index (χ0v) is 13.8. The van der Waals surface area contributed by atoms with Gasteiger partial charge in [-0.1, -0.05) is 24.3 Å². The van der Waals surface area contributed by atoms with Gasteiger partial charge in [0.25, 0.3) is 0 Å². The summed E-state index contributed by atoms with van der Waals surface area (Å²) in [5.74, 6) is -2.45. The van der Waals surface area contributed by atoms with Crippen LogP contribution in [0.2, 0.25) is 0 Å². The van der Waals surface area contributed by atoms with Gasteiger partial charge in [0.1, 0.15) is 0 Å². The molecule has 1 atom stereocenters. The Morgan fingerprint density at radius 3 is 2.64 bits per heavy atom. The molecule has 0 aliphatic carbocycles. The minimum absolute atomic E-state index is 0.0512. The van der Waals surface area contributed by atoms with Gasteiger partial charge in [0, 0.05) is 25.2 Å². The highest BCUT2D eigenvalue weighted by Gasteiger charge is 2.30. The Bertz CT molecular complexity index is 823. The molecule has 0 radical (unpaired) electrons. The largest absolute Gasteiger partial charge is 0.335 e. The van der Waals surface area contributed by atoms with E-state index in [1.165, 1.54) is 13.0 Å². The van der Waals surface area contributed by atoms with Crippen molar-refractivity contribution in [3.63, 3.8) is 0 Å². The Morgan fingerprint density at radius 2 is 1.92 bits per heavy atom. The summed E-state index contributed by atoms with van der Waals surface area (Å²) < 4.78 is 26.3. The molecule has 0 fully saturated rings. The summed E-state index contributed by atoms with van der Waals surface area (Å²) >= 11 is 0. The topological polar surface area (TPSA) is 49.4 Å². The third-order valence-corrected chi connectivity index (χ3v) is 4.40. The SMILES string of the molecule is CC(=O)N1CCc2ccccc2C1CC(=O)Nc1ccc(F)c(F)c1. The Morgan fingerprint density at radius 1 is 1.16 bits per heavy atom. The maximum absolute atomic E-state index is 13.3. The maximum atomic E-state index is 13.3. The Balaban J connectivity index is 1.80. The number of halogens is 2. The zero-order valence-electron chi connectivity index (χ0n) is 13.8. The Hall–Kier alpha value is -2.76. The number of carbonyl (C=O) groups excluding carboxylic acids is 2. The molecule has 0 saturated heterocycles. The van der Waals surface area contributed by atoms with Crippen LogP contribution in [0.3, 0.4) is 0 Å². The number of rotatable bonds is 3. The summed E-state index contributed by atoms with van der Waals surface area (Å²) in [4.78, 5) is 26.0. The van der Waals surface area contributed by atoms with Gasteiger partial charge >= 0.3 is 0 Å². The molecule has 1 unspecified atom stereocenters. The van der Waals surface area contributed by atoms with Crippen LogP contribution in [0.15, 0.2) is 42.5 Å². The zero-order chi connectivity index (χ0) is 18.0. The first-order valence-electron chi connectivity index (χ1n) is 8.05. The molecule has 0 bridgehead atoms. The summed E-state index contributed by atoms with van der Waals surface area (Å²) in [6.45, 7) is 2.03. The van der Waals surface area contributed by atoms with Gasteiger partial charge < -0.3 is 10.2 Å². The van der Waals surface area contributed by atoms with Gasteiger partial charge in [0.05, 0.1) is 12.5 Å². The number of amides is 2. The number of fused-ring (bicyclic) bond motifs is 1. The lowest BCUT2D eigenvalue weighted by molar-refractivity contribution is -0.132. The van der Waals surface area contributed by atoms with Crippen LogP contribution in [0.1, 0.15) is 30.5 Å². The van der Waals surface area contributed by atoms with E-state index >= 15 is 0 Å². The van der Waals surface area contributed by atoms with E-state index in [9.17, 15) is 18.4 Å². The number of nitrogens with one attached hydrogen (secondary N) is 1. The van der Waals surface area contributed by atoms with Gasteiger partial charge in [0.15, 0.2) is 11.6 Å². The van der Waals surface area contributed by atoms with Crippen molar-refractivity contribution < 1.29 is 18.4 Å². The molecule has 1 heterocycles. The summed E-state index contributed by atoms with van der Waals surface area (Å²) in [6.07, 6.45) is 0.798.